The van der Waals surface area contributed by atoms with E-state index in [1.807, 2.05) is 6.26 Å². The highest BCUT2D eigenvalue weighted by molar-refractivity contribution is 7.98. The van der Waals surface area contributed by atoms with E-state index in [1.165, 1.54) is 11.8 Å². The summed E-state index contributed by atoms with van der Waals surface area (Å²) in [5.74, 6) is -2.56. The maximum Gasteiger partial charge on any atom is 0.327 e. The number of carbonyl (C=O) groups is 4. The van der Waals surface area contributed by atoms with E-state index in [0.717, 1.165) is 0 Å². The first kappa shape index (κ1) is 26.9. The number of hydrogen-bond donors (Lipinski definition) is 7. The van der Waals surface area contributed by atoms with Crippen molar-refractivity contribution in [2.24, 2.45) is 11.7 Å². The Morgan fingerprint density at radius 1 is 0.964 bits per heavy atom. The van der Waals surface area contributed by atoms with Crippen LogP contribution in [0.4, 0.5) is 0 Å². The molecule has 12 heteroatoms. The number of thioether (sulfide) groups is 1. The molecule has 0 aliphatic rings. The summed E-state index contributed by atoms with van der Waals surface area (Å²) >= 11 is 9.35. The van der Waals surface area contributed by atoms with Crippen molar-refractivity contribution in [3.8, 4) is 0 Å². The summed E-state index contributed by atoms with van der Waals surface area (Å²) in [6.45, 7) is 3.49. The topological polar surface area (TPSA) is 151 Å². The molecule has 0 bridgehead atoms. The van der Waals surface area contributed by atoms with Gasteiger partial charge < -0.3 is 26.8 Å². The summed E-state index contributed by atoms with van der Waals surface area (Å²) in [5, 5.41) is 16.6. The standard InChI is InChI=1S/C16H30N4O5S3/c1-8(2)12(20-13(21)9(17)6-26)15(23)18-10(4-5-28-3)14(22)19-11(7-27)16(24)25/h8-12,26-27H,4-7,17H2,1-3H3,(H,18,23)(H,19,22)(H,20,21)(H,24,25). The Kier molecular flexibility index (Phi) is 13.4. The molecule has 28 heavy (non-hydrogen) atoms. The molecule has 0 radical (unpaired) electrons. The van der Waals surface area contributed by atoms with E-state index in [9.17, 15) is 19.2 Å². The Morgan fingerprint density at radius 3 is 1.96 bits per heavy atom. The first-order valence-electron chi connectivity index (χ1n) is 8.69. The number of carboxylic acid groups (broad SMARTS) is 1. The van der Waals surface area contributed by atoms with Crippen LogP contribution in [0.2, 0.25) is 0 Å². The molecule has 9 nitrogen and oxygen atoms in total. The van der Waals surface area contributed by atoms with Gasteiger partial charge in [-0.15, -0.1) is 0 Å². The van der Waals surface area contributed by atoms with Gasteiger partial charge in [0.2, 0.25) is 17.7 Å². The lowest BCUT2D eigenvalue weighted by Gasteiger charge is -2.26. The van der Waals surface area contributed by atoms with E-state index in [1.54, 1.807) is 13.8 Å². The van der Waals surface area contributed by atoms with Crippen molar-refractivity contribution in [2.75, 3.05) is 23.5 Å². The number of nitrogens with one attached hydrogen (secondary N) is 3. The Morgan fingerprint density at radius 2 is 1.54 bits per heavy atom. The van der Waals surface area contributed by atoms with Crippen LogP contribution < -0.4 is 21.7 Å². The minimum atomic E-state index is -1.22. The lowest BCUT2D eigenvalue weighted by Crippen LogP contribution is -2.58. The second-order valence-corrected chi connectivity index (χ2v) is 8.16. The van der Waals surface area contributed by atoms with Crippen LogP contribution in [0.3, 0.4) is 0 Å². The molecular formula is C16H30N4O5S3. The van der Waals surface area contributed by atoms with Crippen LogP contribution in [0.5, 0.6) is 0 Å². The van der Waals surface area contributed by atoms with Crippen LogP contribution >= 0.6 is 37.0 Å². The Balaban J connectivity index is 5.25. The Hall–Kier alpha value is -1.11. The highest BCUT2D eigenvalue weighted by atomic mass is 32.2. The van der Waals surface area contributed by atoms with Gasteiger partial charge in [0.15, 0.2) is 0 Å². The molecule has 0 spiro atoms. The normalized spacial score (nSPS) is 15.2. The van der Waals surface area contributed by atoms with E-state index in [2.05, 4.69) is 41.2 Å². The molecule has 0 aliphatic carbocycles. The van der Waals surface area contributed by atoms with Crippen molar-refractivity contribution in [1.29, 1.82) is 0 Å². The van der Waals surface area contributed by atoms with Crippen LogP contribution in [0, 0.1) is 5.92 Å². The molecule has 0 aromatic rings. The smallest absolute Gasteiger partial charge is 0.327 e. The van der Waals surface area contributed by atoms with E-state index in [-0.39, 0.29) is 17.4 Å². The second kappa shape index (κ2) is 14.0. The molecule has 0 fully saturated rings. The van der Waals surface area contributed by atoms with Gasteiger partial charge in [0, 0.05) is 11.5 Å². The average molecular weight is 455 g/mol. The van der Waals surface area contributed by atoms with E-state index < -0.39 is 47.9 Å². The number of carbonyl (C=O) groups excluding carboxylic acids is 3. The van der Waals surface area contributed by atoms with Gasteiger partial charge in [-0.05, 0) is 24.3 Å². The number of hydrogen-bond acceptors (Lipinski definition) is 8. The molecule has 0 saturated heterocycles. The van der Waals surface area contributed by atoms with E-state index in [0.29, 0.717) is 12.2 Å². The number of nitrogens with two attached hydrogens (primary N) is 1. The SMILES string of the molecule is CSCCC(NC(=O)C(NC(=O)C(N)CS)C(C)C)C(=O)NC(CS)C(=O)O. The number of carboxylic acids is 1. The summed E-state index contributed by atoms with van der Waals surface area (Å²) in [6, 6.07) is -3.88. The molecule has 0 aromatic carbocycles. The van der Waals surface area contributed by atoms with Crippen LogP contribution in [-0.4, -0.2) is 76.5 Å². The largest absolute Gasteiger partial charge is 0.480 e. The number of aliphatic carboxylic acids is 1. The molecule has 0 heterocycles. The maximum atomic E-state index is 12.7. The fraction of sp³-hybridized carbons (Fsp3) is 0.750. The Labute approximate surface area is 180 Å². The lowest BCUT2D eigenvalue weighted by molar-refractivity contribution is -0.141. The zero-order chi connectivity index (χ0) is 21.9. The van der Waals surface area contributed by atoms with Gasteiger partial charge in [-0.25, -0.2) is 4.79 Å². The molecular weight excluding hydrogens is 424 g/mol. The number of amides is 3. The molecule has 0 aliphatic heterocycles. The predicted molar refractivity (Wildman–Crippen MR) is 117 cm³/mol. The van der Waals surface area contributed by atoms with Crippen LogP contribution in [0.15, 0.2) is 0 Å². The molecule has 0 saturated carbocycles. The highest BCUT2D eigenvalue weighted by Crippen LogP contribution is 2.07. The summed E-state index contributed by atoms with van der Waals surface area (Å²) in [7, 11) is 0. The molecule has 0 aromatic heterocycles. The van der Waals surface area contributed by atoms with Gasteiger partial charge in [-0.2, -0.15) is 37.0 Å². The zero-order valence-electron chi connectivity index (χ0n) is 16.2. The van der Waals surface area contributed by atoms with Crippen molar-refractivity contribution >= 4 is 60.7 Å². The van der Waals surface area contributed by atoms with Crippen molar-refractivity contribution < 1.29 is 24.3 Å². The summed E-state index contributed by atoms with van der Waals surface area (Å²) in [5.41, 5.74) is 5.63. The van der Waals surface area contributed by atoms with Gasteiger partial charge in [0.05, 0.1) is 6.04 Å². The van der Waals surface area contributed by atoms with Crippen molar-refractivity contribution in [1.82, 2.24) is 16.0 Å². The third kappa shape index (κ3) is 9.39. The zero-order valence-corrected chi connectivity index (χ0v) is 18.8. The first-order valence-corrected chi connectivity index (χ1v) is 11.3. The minimum absolute atomic E-state index is 0.0867. The summed E-state index contributed by atoms with van der Waals surface area (Å²) < 4.78 is 0. The summed E-state index contributed by atoms with van der Waals surface area (Å²) in [4.78, 5) is 48.3. The van der Waals surface area contributed by atoms with Gasteiger partial charge in [0.1, 0.15) is 18.1 Å². The second-order valence-electron chi connectivity index (χ2n) is 6.44. The van der Waals surface area contributed by atoms with Gasteiger partial charge >= 0.3 is 5.97 Å². The van der Waals surface area contributed by atoms with Crippen molar-refractivity contribution in [3.05, 3.63) is 0 Å². The highest BCUT2D eigenvalue weighted by Gasteiger charge is 2.31. The maximum absolute atomic E-state index is 12.7. The molecule has 3 amide bonds. The fourth-order valence-electron chi connectivity index (χ4n) is 2.10. The number of rotatable bonds is 13. The molecule has 4 atom stereocenters. The monoisotopic (exact) mass is 454 g/mol. The predicted octanol–water partition coefficient (Wildman–Crippen LogP) is -0.879. The molecule has 162 valence electrons. The Bertz CT molecular complexity index is 550. The lowest BCUT2D eigenvalue weighted by atomic mass is 10.0. The van der Waals surface area contributed by atoms with Gasteiger partial charge in [-0.1, -0.05) is 13.8 Å². The van der Waals surface area contributed by atoms with Crippen LogP contribution in [0.1, 0.15) is 20.3 Å². The van der Waals surface area contributed by atoms with E-state index >= 15 is 0 Å². The van der Waals surface area contributed by atoms with Crippen LogP contribution in [-0.2, 0) is 19.2 Å². The minimum Gasteiger partial charge on any atom is -0.480 e. The molecule has 0 rings (SSSR count). The fourth-order valence-corrected chi connectivity index (χ4v) is 2.99. The van der Waals surface area contributed by atoms with Gasteiger partial charge in [-0.3, -0.25) is 14.4 Å². The average Bonchev–Trinajstić information content (AvgIpc) is 2.65. The van der Waals surface area contributed by atoms with Crippen LogP contribution in [0.25, 0.3) is 0 Å². The van der Waals surface area contributed by atoms with Gasteiger partial charge in [0.25, 0.3) is 0 Å². The quantitative estimate of drug-likeness (QED) is 0.179. The van der Waals surface area contributed by atoms with Crippen molar-refractivity contribution in [3.63, 3.8) is 0 Å². The summed E-state index contributed by atoms with van der Waals surface area (Å²) in [6.07, 6.45) is 2.15. The number of thiol groups is 2. The molecule has 6 N–H and O–H groups in total. The third-order valence-corrected chi connectivity index (χ3v) is 5.22. The van der Waals surface area contributed by atoms with E-state index in [4.69, 9.17) is 10.8 Å². The molecule has 4 unspecified atom stereocenters. The third-order valence-electron chi connectivity index (χ3n) is 3.82. The first-order chi connectivity index (χ1) is 13.1. The van der Waals surface area contributed by atoms with Crippen molar-refractivity contribution in [2.45, 2.75) is 44.4 Å².